The van der Waals surface area contributed by atoms with Crippen LogP contribution in [0.5, 0.6) is 0 Å². The fourth-order valence-electron chi connectivity index (χ4n) is 2.08. The number of nitrogens with one attached hydrogen (secondary N) is 1. The Kier molecular flexibility index (Phi) is 2.19. The van der Waals surface area contributed by atoms with Crippen molar-refractivity contribution in [2.45, 2.75) is 18.9 Å². The predicted molar refractivity (Wildman–Crippen MR) is 63.7 cm³/mol. The van der Waals surface area contributed by atoms with Crippen LogP contribution in [0.4, 0.5) is 11.4 Å². The summed E-state index contributed by atoms with van der Waals surface area (Å²) in [5.74, 6) is 0. The Morgan fingerprint density at radius 1 is 1.35 bits per heavy atom. The van der Waals surface area contributed by atoms with E-state index in [0.29, 0.717) is 23.3 Å². The van der Waals surface area contributed by atoms with Crippen LogP contribution < -0.4 is 11.1 Å². The molecule has 2 heterocycles. The van der Waals surface area contributed by atoms with Crippen LogP contribution in [-0.4, -0.2) is 29.1 Å². The second-order valence-corrected chi connectivity index (χ2v) is 4.65. The molecule has 1 aliphatic heterocycles. The molecule has 1 unspecified atom stereocenters. The fraction of sp³-hybridized carbons (Fsp3) is 0.455. The summed E-state index contributed by atoms with van der Waals surface area (Å²) in [5, 5.41) is 11.1. The molecule has 2 aromatic rings. The van der Waals surface area contributed by atoms with E-state index in [2.05, 4.69) is 22.6 Å². The third-order valence-electron chi connectivity index (χ3n) is 3.10. The van der Waals surface area contributed by atoms with Gasteiger partial charge in [0.25, 0.3) is 0 Å². The highest BCUT2D eigenvalue weighted by molar-refractivity contribution is 5.95. The third kappa shape index (κ3) is 1.70. The topological polar surface area (TPSA) is 86.2 Å². The lowest BCUT2D eigenvalue weighted by molar-refractivity contribution is 0.185. The molecule has 1 aliphatic rings. The summed E-state index contributed by atoms with van der Waals surface area (Å²) >= 11 is 0. The van der Waals surface area contributed by atoms with Crippen LogP contribution >= 0.6 is 0 Å². The second-order valence-electron chi connectivity index (χ2n) is 4.65. The molecule has 0 saturated carbocycles. The Morgan fingerprint density at radius 3 is 2.94 bits per heavy atom. The maximum atomic E-state index is 5.80. The Morgan fingerprint density at radius 2 is 2.18 bits per heavy atom. The summed E-state index contributed by atoms with van der Waals surface area (Å²) in [6, 6.07) is 3.69. The van der Waals surface area contributed by atoms with Crippen molar-refractivity contribution in [1.29, 1.82) is 0 Å². The van der Waals surface area contributed by atoms with Crippen LogP contribution in [0.15, 0.2) is 16.8 Å². The van der Waals surface area contributed by atoms with Gasteiger partial charge in [-0.3, -0.25) is 0 Å². The minimum Gasteiger partial charge on any atom is -0.397 e. The van der Waals surface area contributed by atoms with Gasteiger partial charge in [-0.2, -0.15) is 0 Å². The summed E-state index contributed by atoms with van der Waals surface area (Å²) in [6.45, 7) is 3.58. The van der Waals surface area contributed by atoms with Gasteiger partial charge in [-0.15, -0.1) is 0 Å². The second kappa shape index (κ2) is 3.59. The third-order valence-corrected chi connectivity index (χ3v) is 3.10. The van der Waals surface area contributed by atoms with E-state index in [1.54, 1.807) is 6.07 Å². The number of nitrogen functional groups attached to an aromatic ring is 1. The van der Waals surface area contributed by atoms with Crippen molar-refractivity contribution in [3.05, 3.63) is 12.1 Å². The summed E-state index contributed by atoms with van der Waals surface area (Å²) in [6.07, 6.45) is 0.962. The Labute approximate surface area is 98.1 Å². The maximum Gasteiger partial charge on any atom is 0.160 e. The molecule has 0 aliphatic carbocycles. The van der Waals surface area contributed by atoms with Crippen molar-refractivity contribution < 1.29 is 9.37 Å². The van der Waals surface area contributed by atoms with Crippen LogP contribution in [0.2, 0.25) is 0 Å². The van der Waals surface area contributed by atoms with Gasteiger partial charge in [-0.25, -0.2) is 4.63 Å². The molecule has 6 heteroatoms. The van der Waals surface area contributed by atoms with Crippen molar-refractivity contribution in [3.63, 3.8) is 0 Å². The number of nitrogens with zero attached hydrogens (tertiary/aromatic N) is 2. The molecule has 17 heavy (non-hydrogen) atoms. The van der Waals surface area contributed by atoms with Crippen LogP contribution in [0, 0.1) is 0 Å². The number of aromatic nitrogens is 2. The zero-order chi connectivity index (χ0) is 11.9. The molecule has 1 atom stereocenters. The van der Waals surface area contributed by atoms with E-state index >= 15 is 0 Å². The van der Waals surface area contributed by atoms with Gasteiger partial charge in [0, 0.05) is 6.61 Å². The number of rotatable bonds is 2. The van der Waals surface area contributed by atoms with E-state index in [1.807, 2.05) is 6.07 Å². The summed E-state index contributed by atoms with van der Waals surface area (Å²) in [5.41, 5.74) is 8.44. The first kappa shape index (κ1) is 10.3. The number of fused-ring (bicyclic) bond motifs is 1. The Hall–Kier alpha value is -1.82. The predicted octanol–water partition coefficient (Wildman–Crippen LogP) is 1.40. The smallest absolute Gasteiger partial charge is 0.160 e. The number of hydrogen-bond acceptors (Lipinski definition) is 6. The number of hydrogen-bond donors (Lipinski definition) is 2. The summed E-state index contributed by atoms with van der Waals surface area (Å²) < 4.78 is 10.1. The first-order valence-corrected chi connectivity index (χ1v) is 5.55. The van der Waals surface area contributed by atoms with Crippen LogP contribution in [0.25, 0.3) is 11.0 Å². The van der Waals surface area contributed by atoms with Gasteiger partial charge >= 0.3 is 0 Å². The average molecular weight is 234 g/mol. The highest BCUT2D eigenvalue weighted by Crippen LogP contribution is 2.30. The molecule has 0 spiro atoms. The molecule has 6 nitrogen and oxygen atoms in total. The van der Waals surface area contributed by atoms with Crippen molar-refractivity contribution in [1.82, 2.24) is 10.3 Å². The van der Waals surface area contributed by atoms with Gasteiger partial charge in [0.2, 0.25) is 0 Å². The molecule has 1 aromatic carbocycles. The van der Waals surface area contributed by atoms with E-state index in [9.17, 15) is 0 Å². The SMILES string of the molecule is CC1(Nc2ccc(N)c3nonc23)CCOC1. The van der Waals surface area contributed by atoms with Gasteiger partial charge in [0.1, 0.15) is 0 Å². The van der Waals surface area contributed by atoms with Crippen molar-refractivity contribution >= 4 is 22.4 Å². The first-order chi connectivity index (χ1) is 8.18. The Bertz CT molecular complexity index is 545. The highest BCUT2D eigenvalue weighted by Gasteiger charge is 2.30. The molecule has 0 radical (unpaired) electrons. The fourth-order valence-corrected chi connectivity index (χ4v) is 2.08. The first-order valence-electron chi connectivity index (χ1n) is 5.55. The van der Waals surface area contributed by atoms with E-state index < -0.39 is 0 Å². The molecule has 3 rings (SSSR count). The van der Waals surface area contributed by atoms with E-state index in [-0.39, 0.29) is 5.54 Å². The molecular weight excluding hydrogens is 220 g/mol. The van der Waals surface area contributed by atoms with E-state index in [0.717, 1.165) is 18.7 Å². The van der Waals surface area contributed by atoms with Gasteiger partial charge < -0.3 is 15.8 Å². The van der Waals surface area contributed by atoms with Crippen molar-refractivity contribution in [2.75, 3.05) is 24.3 Å². The number of nitrogens with two attached hydrogens (primary N) is 1. The van der Waals surface area contributed by atoms with Crippen molar-refractivity contribution in [3.8, 4) is 0 Å². The van der Waals surface area contributed by atoms with Crippen LogP contribution in [-0.2, 0) is 4.74 Å². The highest BCUT2D eigenvalue weighted by atomic mass is 16.6. The van der Waals surface area contributed by atoms with Gasteiger partial charge in [-0.05, 0) is 35.8 Å². The summed E-state index contributed by atoms with van der Waals surface area (Å²) in [7, 11) is 0. The molecule has 1 saturated heterocycles. The van der Waals surface area contributed by atoms with E-state index in [4.69, 9.17) is 15.1 Å². The zero-order valence-corrected chi connectivity index (χ0v) is 9.56. The van der Waals surface area contributed by atoms with Gasteiger partial charge in [-0.1, -0.05) is 0 Å². The minimum absolute atomic E-state index is 0.0675. The lowest BCUT2D eigenvalue weighted by Gasteiger charge is -2.24. The molecule has 1 fully saturated rings. The maximum absolute atomic E-state index is 5.80. The normalized spacial score (nSPS) is 24.3. The van der Waals surface area contributed by atoms with Gasteiger partial charge in [0.05, 0.1) is 23.5 Å². The summed E-state index contributed by atoms with van der Waals surface area (Å²) in [4.78, 5) is 0. The van der Waals surface area contributed by atoms with Crippen LogP contribution in [0.3, 0.4) is 0 Å². The van der Waals surface area contributed by atoms with Crippen LogP contribution in [0.1, 0.15) is 13.3 Å². The number of benzene rings is 1. The largest absolute Gasteiger partial charge is 0.397 e. The van der Waals surface area contributed by atoms with Crippen molar-refractivity contribution in [2.24, 2.45) is 0 Å². The lowest BCUT2D eigenvalue weighted by Crippen LogP contribution is -2.35. The minimum atomic E-state index is -0.0675. The Balaban J connectivity index is 2.00. The molecule has 1 aromatic heterocycles. The quantitative estimate of drug-likeness (QED) is 0.764. The monoisotopic (exact) mass is 234 g/mol. The average Bonchev–Trinajstić information content (AvgIpc) is 2.92. The zero-order valence-electron chi connectivity index (χ0n) is 9.56. The molecule has 0 amide bonds. The number of anilines is 2. The molecule has 0 bridgehead atoms. The van der Waals surface area contributed by atoms with E-state index in [1.165, 1.54) is 0 Å². The lowest BCUT2D eigenvalue weighted by atomic mass is 10.0. The molecule has 90 valence electrons. The molecule has 3 N–H and O–H groups in total. The standard InChI is InChI=1S/C11H14N4O2/c1-11(4-5-16-6-11)13-8-3-2-7(12)9-10(8)15-17-14-9/h2-3,13H,4-6,12H2,1H3. The number of ether oxygens (including phenoxy) is 1. The van der Waals surface area contributed by atoms with Gasteiger partial charge in [0.15, 0.2) is 11.0 Å². The molecular formula is C11H14N4O2.